The van der Waals surface area contributed by atoms with Crippen molar-refractivity contribution >= 4 is 11.4 Å². The predicted molar refractivity (Wildman–Crippen MR) is 80.9 cm³/mol. The molecule has 2 rings (SSSR count). The van der Waals surface area contributed by atoms with Gasteiger partial charge >= 0.3 is 0 Å². The average Bonchev–Trinajstić information content (AvgIpc) is 3.22. The van der Waals surface area contributed by atoms with Gasteiger partial charge in [-0.25, -0.2) is 0 Å². The maximum Gasteiger partial charge on any atom is 0.292 e. The molecule has 0 amide bonds. The molecule has 1 aliphatic rings. The van der Waals surface area contributed by atoms with Crippen molar-refractivity contribution in [1.29, 1.82) is 0 Å². The van der Waals surface area contributed by atoms with Crippen LogP contribution in [0.25, 0.3) is 0 Å². The number of hydrogen-bond acceptors (Lipinski definition) is 4. The van der Waals surface area contributed by atoms with E-state index in [-0.39, 0.29) is 10.6 Å². The first-order chi connectivity index (χ1) is 9.52. The normalized spacial score (nSPS) is 16.2. The fourth-order valence-corrected chi connectivity index (χ4v) is 2.54. The third-order valence-electron chi connectivity index (χ3n) is 4.06. The van der Waals surface area contributed by atoms with Crippen molar-refractivity contribution in [2.45, 2.75) is 39.3 Å². The van der Waals surface area contributed by atoms with Crippen LogP contribution in [0.5, 0.6) is 0 Å². The Morgan fingerprint density at radius 2 is 2.20 bits per heavy atom. The van der Waals surface area contributed by atoms with Crippen LogP contribution in [0.1, 0.15) is 32.3 Å². The van der Waals surface area contributed by atoms with E-state index in [1.54, 1.807) is 6.07 Å². The summed E-state index contributed by atoms with van der Waals surface area (Å²) in [5.41, 5.74) is 1.87. The van der Waals surface area contributed by atoms with Crippen LogP contribution in [0, 0.1) is 16.0 Å². The zero-order valence-electron chi connectivity index (χ0n) is 12.4. The summed E-state index contributed by atoms with van der Waals surface area (Å²) in [6.07, 6.45) is 2.66. The fourth-order valence-electron chi connectivity index (χ4n) is 2.54. The zero-order valence-corrected chi connectivity index (χ0v) is 12.4. The Labute approximate surface area is 120 Å². The highest BCUT2D eigenvalue weighted by molar-refractivity contribution is 5.62. The average molecular weight is 277 g/mol. The van der Waals surface area contributed by atoms with Crippen molar-refractivity contribution in [3.63, 3.8) is 0 Å². The molecule has 0 saturated heterocycles. The van der Waals surface area contributed by atoms with E-state index in [4.69, 9.17) is 0 Å². The van der Waals surface area contributed by atoms with E-state index in [1.165, 1.54) is 12.8 Å². The van der Waals surface area contributed by atoms with Gasteiger partial charge in [-0.15, -0.1) is 0 Å². The van der Waals surface area contributed by atoms with E-state index < -0.39 is 0 Å². The van der Waals surface area contributed by atoms with Gasteiger partial charge in [0.1, 0.15) is 5.69 Å². The third-order valence-corrected chi connectivity index (χ3v) is 4.06. The molecular formula is C15H23N3O2. The quantitative estimate of drug-likeness (QED) is 0.614. The standard InChI is InChI=1S/C15H23N3O2/c1-4-16-14-9-12(5-8-15(14)18(19)20)10-17(3)11(2)13-6-7-13/h5,8-9,11,13,16H,4,6-7,10H2,1-3H3. The van der Waals surface area contributed by atoms with Gasteiger partial charge in [0, 0.05) is 25.2 Å². The first-order valence-electron chi connectivity index (χ1n) is 7.24. The Bertz CT molecular complexity index is 486. The van der Waals surface area contributed by atoms with Crippen LogP contribution in [-0.4, -0.2) is 29.5 Å². The monoisotopic (exact) mass is 277 g/mol. The van der Waals surface area contributed by atoms with Crippen LogP contribution >= 0.6 is 0 Å². The van der Waals surface area contributed by atoms with E-state index in [1.807, 2.05) is 19.1 Å². The number of nitro benzene ring substituents is 1. The minimum Gasteiger partial charge on any atom is -0.380 e. The van der Waals surface area contributed by atoms with Gasteiger partial charge < -0.3 is 5.32 Å². The van der Waals surface area contributed by atoms with Gasteiger partial charge in [-0.1, -0.05) is 6.07 Å². The summed E-state index contributed by atoms with van der Waals surface area (Å²) < 4.78 is 0. The van der Waals surface area contributed by atoms with Crippen molar-refractivity contribution < 1.29 is 4.92 Å². The van der Waals surface area contributed by atoms with E-state index in [9.17, 15) is 10.1 Å². The Hall–Kier alpha value is -1.62. The molecule has 1 aromatic rings. The Morgan fingerprint density at radius 3 is 2.75 bits per heavy atom. The summed E-state index contributed by atoms with van der Waals surface area (Å²) in [5, 5.41) is 14.1. The van der Waals surface area contributed by atoms with Gasteiger partial charge in [0.05, 0.1) is 4.92 Å². The Kier molecular flexibility index (Phi) is 4.60. The van der Waals surface area contributed by atoms with E-state index in [0.717, 1.165) is 18.0 Å². The molecule has 1 aliphatic carbocycles. The predicted octanol–water partition coefficient (Wildman–Crippen LogP) is 3.26. The van der Waals surface area contributed by atoms with Crippen LogP contribution in [0.3, 0.4) is 0 Å². The second kappa shape index (κ2) is 6.22. The third kappa shape index (κ3) is 3.48. The molecule has 1 N–H and O–H groups in total. The molecule has 5 nitrogen and oxygen atoms in total. The SMILES string of the molecule is CCNc1cc(CN(C)C(C)C2CC2)ccc1[N+](=O)[O-]. The lowest BCUT2D eigenvalue weighted by Crippen LogP contribution is -2.30. The van der Waals surface area contributed by atoms with E-state index in [2.05, 4.69) is 24.2 Å². The molecule has 1 aromatic carbocycles. The van der Waals surface area contributed by atoms with Crippen molar-refractivity contribution in [2.75, 3.05) is 18.9 Å². The van der Waals surface area contributed by atoms with Crippen LogP contribution in [0.15, 0.2) is 18.2 Å². The second-order valence-electron chi connectivity index (χ2n) is 5.63. The van der Waals surface area contributed by atoms with Gasteiger partial charge in [0.2, 0.25) is 0 Å². The number of nitrogens with zero attached hydrogens (tertiary/aromatic N) is 2. The lowest BCUT2D eigenvalue weighted by Gasteiger charge is -2.24. The summed E-state index contributed by atoms with van der Waals surface area (Å²) in [6.45, 7) is 5.71. The second-order valence-corrected chi connectivity index (χ2v) is 5.63. The molecule has 0 aliphatic heterocycles. The summed E-state index contributed by atoms with van der Waals surface area (Å²) in [4.78, 5) is 13.0. The minimum absolute atomic E-state index is 0.147. The number of nitro groups is 1. The van der Waals surface area contributed by atoms with Gasteiger partial charge in [-0.3, -0.25) is 15.0 Å². The Balaban J connectivity index is 2.11. The molecule has 1 fully saturated rings. The van der Waals surface area contributed by atoms with Crippen molar-refractivity contribution in [3.05, 3.63) is 33.9 Å². The number of benzene rings is 1. The van der Waals surface area contributed by atoms with E-state index >= 15 is 0 Å². The lowest BCUT2D eigenvalue weighted by molar-refractivity contribution is -0.384. The largest absolute Gasteiger partial charge is 0.380 e. The molecule has 1 unspecified atom stereocenters. The molecule has 0 heterocycles. The number of anilines is 1. The van der Waals surface area contributed by atoms with Crippen molar-refractivity contribution in [1.82, 2.24) is 4.90 Å². The van der Waals surface area contributed by atoms with Gasteiger partial charge in [0.15, 0.2) is 0 Å². The van der Waals surface area contributed by atoms with Gasteiger partial charge in [-0.05, 0) is 51.3 Å². The highest BCUT2D eigenvalue weighted by Gasteiger charge is 2.30. The molecule has 1 atom stereocenters. The molecule has 20 heavy (non-hydrogen) atoms. The summed E-state index contributed by atoms with van der Waals surface area (Å²) in [5.74, 6) is 0.825. The van der Waals surface area contributed by atoms with Crippen LogP contribution < -0.4 is 5.32 Å². The minimum atomic E-state index is -0.335. The van der Waals surface area contributed by atoms with E-state index in [0.29, 0.717) is 18.3 Å². The molecule has 0 radical (unpaired) electrons. The highest BCUT2D eigenvalue weighted by atomic mass is 16.6. The lowest BCUT2D eigenvalue weighted by atomic mass is 10.1. The number of nitrogens with one attached hydrogen (secondary N) is 1. The van der Waals surface area contributed by atoms with Crippen molar-refractivity contribution in [2.24, 2.45) is 5.92 Å². The fraction of sp³-hybridized carbons (Fsp3) is 0.600. The van der Waals surface area contributed by atoms with Crippen LogP contribution in [-0.2, 0) is 6.54 Å². The van der Waals surface area contributed by atoms with Gasteiger partial charge in [-0.2, -0.15) is 0 Å². The zero-order chi connectivity index (χ0) is 14.7. The van der Waals surface area contributed by atoms with Crippen LogP contribution in [0.2, 0.25) is 0 Å². The molecule has 110 valence electrons. The maximum atomic E-state index is 11.0. The number of hydrogen-bond donors (Lipinski definition) is 1. The first-order valence-corrected chi connectivity index (χ1v) is 7.24. The molecular weight excluding hydrogens is 254 g/mol. The highest BCUT2D eigenvalue weighted by Crippen LogP contribution is 2.35. The summed E-state index contributed by atoms with van der Waals surface area (Å²) in [6, 6.07) is 5.93. The molecule has 1 saturated carbocycles. The number of rotatable bonds is 7. The maximum absolute atomic E-state index is 11.0. The topological polar surface area (TPSA) is 58.4 Å². The Morgan fingerprint density at radius 1 is 1.50 bits per heavy atom. The molecule has 0 spiro atoms. The molecule has 5 heteroatoms. The smallest absolute Gasteiger partial charge is 0.292 e. The van der Waals surface area contributed by atoms with Crippen molar-refractivity contribution in [3.8, 4) is 0 Å². The van der Waals surface area contributed by atoms with Gasteiger partial charge in [0.25, 0.3) is 5.69 Å². The van der Waals surface area contributed by atoms with Crippen LogP contribution in [0.4, 0.5) is 11.4 Å². The molecule has 0 aromatic heterocycles. The summed E-state index contributed by atoms with van der Waals surface area (Å²) in [7, 11) is 2.12. The summed E-state index contributed by atoms with van der Waals surface area (Å²) >= 11 is 0. The molecule has 0 bridgehead atoms. The first kappa shape index (κ1) is 14.8.